The van der Waals surface area contributed by atoms with Gasteiger partial charge in [0.15, 0.2) is 5.96 Å². The van der Waals surface area contributed by atoms with E-state index in [0.717, 1.165) is 12.1 Å². The topological polar surface area (TPSA) is 101 Å². The molecule has 0 aromatic heterocycles. The summed E-state index contributed by atoms with van der Waals surface area (Å²) in [4.78, 5) is 4.67. The van der Waals surface area contributed by atoms with Crippen LogP contribution in [0, 0.1) is 0 Å². The monoisotopic (exact) mass is 372 g/mol. The Morgan fingerprint density at radius 3 is 2.52 bits per heavy atom. The Bertz CT molecular complexity index is 635. The van der Waals surface area contributed by atoms with Crippen LogP contribution in [0.4, 0.5) is 0 Å². The van der Waals surface area contributed by atoms with Crippen LogP contribution in [0.2, 0.25) is 0 Å². The van der Waals surface area contributed by atoms with Gasteiger partial charge in [0.1, 0.15) is 0 Å². The molecule has 0 bridgehead atoms. The zero-order valence-corrected chi connectivity index (χ0v) is 15.9. The minimum atomic E-state index is -3.55. The van der Waals surface area contributed by atoms with Crippen molar-refractivity contribution in [1.29, 1.82) is 0 Å². The van der Waals surface area contributed by atoms with E-state index in [1.807, 2.05) is 13.0 Å². The van der Waals surface area contributed by atoms with E-state index in [1.54, 1.807) is 25.3 Å². The lowest BCUT2D eigenvalue weighted by atomic mass is 10.2. The Balaban J connectivity index is 2.77. The Hall–Kier alpha value is -1.68. The fraction of sp³-hybridized carbons (Fsp3) is 0.562. The Labute approximate surface area is 150 Å². The van der Waals surface area contributed by atoms with Crippen LogP contribution < -0.4 is 15.4 Å². The number of hydrogen-bond donors (Lipinski definition) is 3. The highest BCUT2D eigenvalue weighted by Gasteiger charge is 2.13. The average Bonchev–Trinajstić information content (AvgIpc) is 2.60. The van der Waals surface area contributed by atoms with Gasteiger partial charge in [-0.25, -0.2) is 18.1 Å². The molecule has 0 heterocycles. The third-order valence-corrected chi connectivity index (χ3v) is 4.63. The first-order valence-electron chi connectivity index (χ1n) is 8.12. The van der Waals surface area contributed by atoms with Gasteiger partial charge < -0.3 is 20.1 Å². The number of sulfonamides is 1. The second-order valence-electron chi connectivity index (χ2n) is 5.15. The second kappa shape index (κ2) is 11.8. The number of hydrogen-bond acceptors (Lipinski definition) is 5. The standard InChI is InChI=1S/C16H28N4O4S/c1-4-17-16(18-8-10-23-2)19-13-14-6-5-7-15(12-14)25(21,22)20-9-11-24-3/h5-7,12,20H,4,8-11,13H2,1-3H3,(H2,17,18,19). The van der Waals surface area contributed by atoms with E-state index in [4.69, 9.17) is 9.47 Å². The summed E-state index contributed by atoms with van der Waals surface area (Å²) in [6, 6.07) is 6.74. The van der Waals surface area contributed by atoms with Crippen LogP contribution in [0.3, 0.4) is 0 Å². The number of rotatable bonds is 11. The van der Waals surface area contributed by atoms with Gasteiger partial charge in [-0.05, 0) is 24.6 Å². The number of aliphatic imine (C=N–C) groups is 1. The van der Waals surface area contributed by atoms with Gasteiger partial charge in [0.25, 0.3) is 0 Å². The van der Waals surface area contributed by atoms with E-state index >= 15 is 0 Å². The van der Waals surface area contributed by atoms with Crippen molar-refractivity contribution in [2.24, 2.45) is 4.99 Å². The zero-order valence-electron chi connectivity index (χ0n) is 15.0. The number of nitrogens with zero attached hydrogens (tertiary/aromatic N) is 1. The van der Waals surface area contributed by atoms with Crippen molar-refractivity contribution in [2.45, 2.75) is 18.4 Å². The van der Waals surface area contributed by atoms with Crippen LogP contribution in [0.5, 0.6) is 0 Å². The maximum Gasteiger partial charge on any atom is 0.240 e. The molecule has 1 aromatic carbocycles. The number of benzene rings is 1. The van der Waals surface area contributed by atoms with E-state index < -0.39 is 10.0 Å². The predicted molar refractivity (Wildman–Crippen MR) is 98.2 cm³/mol. The lowest BCUT2D eigenvalue weighted by molar-refractivity contribution is 0.203. The molecule has 0 spiro atoms. The van der Waals surface area contributed by atoms with Gasteiger partial charge in [-0.3, -0.25) is 0 Å². The largest absolute Gasteiger partial charge is 0.383 e. The summed E-state index contributed by atoms with van der Waals surface area (Å²) < 4.78 is 36.8. The van der Waals surface area contributed by atoms with Crippen LogP contribution in [-0.4, -0.2) is 61.4 Å². The maximum atomic E-state index is 12.2. The molecule has 142 valence electrons. The Kier molecular flexibility index (Phi) is 10.1. The molecule has 9 heteroatoms. The van der Waals surface area contributed by atoms with Crippen LogP contribution in [0.15, 0.2) is 34.2 Å². The highest BCUT2D eigenvalue weighted by molar-refractivity contribution is 7.89. The molecule has 0 saturated heterocycles. The molecular weight excluding hydrogens is 344 g/mol. The van der Waals surface area contributed by atoms with Crippen LogP contribution in [0.1, 0.15) is 12.5 Å². The van der Waals surface area contributed by atoms with E-state index in [9.17, 15) is 8.42 Å². The lowest BCUT2D eigenvalue weighted by Gasteiger charge is -2.11. The number of guanidine groups is 1. The molecule has 0 aliphatic carbocycles. The molecule has 0 saturated carbocycles. The van der Waals surface area contributed by atoms with Gasteiger partial charge in [-0.15, -0.1) is 0 Å². The quantitative estimate of drug-likeness (QED) is 0.294. The molecule has 1 rings (SSSR count). The normalized spacial score (nSPS) is 12.2. The lowest BCUT2D eigenvalue weighted by Crippen LogP contribution is -2.38. The molecule has 1 aromatic rings. The van der Waals surface area contributed by atoms with Crippen molar-refractivity contribution in [1.82, 2.24) is 15.4 Å². The first kappa shape index (κ1) is 21.4. The van der Waals surface area contributed by atoms with Crippen LogP contribution in [-0.2, 0) is 26.0 Å². The summed E-state index contributed by atoms with van der Waals surface area (Å²) in [5, 5.41) is 6.27. The van der Waals surface area contributed by atoms with E-state index in [0.29, 0.717) is 32.3 Å². The van der Waals surface area contributed by atoms with Gasteiger partial charge in [0, 0.05) is 33.9 Å². The van der Waals surface area contributed by atoms with Crippen molar-refractivity contribution < 1.29 is 17.9 Å². The molecule has 0 amide bonds. The molecule has 0 aliphatic rings. The molecule has 0 aliphatic heterocycles. The second-order valence-corrected chi connectivity index (χ2v) is 6.92. The molecule has 0 fully saturated rings. The van der Waals surface area contributed by atoms with Crippen molar-refractivity contribution in [2.75, 3.05) is 47.1 Å². The molecule has 0 radical (unpaired) electrons. The average molecular weight is 372 g/mol. The third-order valence-electron chi connectivity index (χ3n) is 3.17. The third kappa shape index (κ3) is 8.30. The number of nitrogens with one attached hydrogen (secondary N) is 3. The van der Waals surface area contributed by atoms with Crippen molar-refractivity contribution >= 4 is 16.0 Å². The maximum absolute atomic E-state index is 12.2. The molecule has 0 unspecified atom stereocenters. The highest BCUT2D eigenvalue weighted by Crippen LogP contribution is 2.12. The van der Waals surface area contributed by atoms with Crippen LogP contribution in [0.25, 0.3) is 0 Å². The summed E-state index contributed by atoms with van der Waals surface area (Å²) in [7, 11) is -0.387. The smallest absolute Gasteiger partial charge is 0.240 e. The minimum Gasteiger partial charge on any atom is -0.383 e. The van der Waals surface area contributed by atoms with Gasteiger partial charge in [-0.1, -0.05) is 12.1 Å². The predicted octanol–water partition coefficient (Wildman–Crippen LogP) is 0.313. The van der Waals surface area contributed by atoms with Crippen molar-refractivity contribution in [3.05, 3.63) is 29.8 Å². The van der Waals surface area contributed by atoms with E-state index in [2.05, 4.69) is 20.3 Å². The number of ether oxygens (including phenoxy) is 2. The first-order chi connectivity index (χ1) is 12.0. The Morgan fingerprint density at radius 2 is 1.84 bits per heavy atom. The van der Waals surface area contributed by atoms with E-state index in [1.165, 1.54) is 7.11 Å². The fourth-order valence-corrected chi connectivity index (χ4v) is 3.04. The molecule has 8 nitrogen and oxygen atoms in total. The zero-order chi connectivity index (χ0) is 18.5. The van der Waals surface area contributed by atoms with E-state index in [-0.39, 0.29) is 11.4 Å². The fourth-order valence-electron chi connectivity index (χ4n) is 1.96. The SMILES string of the molecule is CCNC(=NCc1cccc(S(=O)(=O)NCCOC)c1)NCCOC. The first-order valence-corrected chi connectivity index (χ1v) is 9.60. The molecule has 3 N–H and O–H groups in total. The summed E-state index contributed by atoms with van der Waals surface area (Å²) in [5.41, 5.74) is 0.804. The van der Waals surface area contributed by atoms with Crippen molar-refractivity contribution in [3.8, 4) is 0 Å². The van der Waals surface area contributed by atoms with Gasteiger partial charge in [0.05, 0.1) is 24.7 Å². The van der Waals surface area contributed by atoms with Gasteiger partial charge >= 0.3 is 0 Å². The van der Waals surface area contributed by atoms with Crippen molar-refractivity contribution in [3.63, 3.8) is 0 Å². The minimum absolute atomic E-state index is 0.216. The van der Waals surface area contributed by atoms with Gasteiger partial charge in [0.2, 0.25) is 10.0 Å². The van der Waals surface area contributed by atoms with Gasteiger partial charge in [-0.2, -0.15) is 0 Å². The summed E-state index contributed by atoms with van der Waals surface area (Å²) >= 11 is 0. The summed E-state index contributed by atoms with van der Waals surface area (Å²) in [6.07, 6.45) is 0. The van der Waals surface area contributed by atoms with Crippen LogP contribution >= 0.6 is 0 Å². The molecule has 25 heavy (non-hydrogen) atoms. The molecular formula is C16H28N4O4S. The highest BCUT2D eigenvalue weighted by atomic mass is 32.2. The summed E-state index contributed by atoms with van der Waals surface area (Å²) in [5.74, 6) is 0.658. The Morgan fingerprint density at radius 1 is 1.12 bits per heavy atom. The number of methoxy groups -OCH3 is 2. The summed E-state index contributed by atoms with van der Waals surface area (Å²) in [6.45, 7) is 4.84. The molecule has 0 atom stereocenters.